The van der Waals surface area contributed by atoms with Gasteiger partial charge in [-0.25, -0.2) is 9.37 Å². The second-order valence-electron chi connectivity index (χ2n) is 8.18. The molecule has 180 valence electrons. The van der Waals surface area contributed by atoms with Gasteiger partial charge in [-0.3, -0.25) is 9.19 Å². The molecule has 5 rings (SSSR count). The third kappa shape index (κ3) is 5.19. The van der Waals surface area contributed by atoms with Gasteiger partial charge in [0.1, 0.15) is 11.5 Å². The molecule has 1 atom stereocenters. The Balaban J connectivity index is 1.35. The lowest BCUT2D eigenvalue weighted by Gasteiger charge is -2.21. The van der Waals surface area contributed by atoms with Crippen molar-refractivity contribution in [3.63, 3.8) is 0 Å². The molecule has 2 aromatic heterocycles. The lowest BCUT2D eigenvalue weighted by Crippen LogP contribution is -2.24. The molecule has 4 aromatic rings. The highest BCUT2D eigenvalue weighted by Gasteiger charge is 2.22. The van der Waals surface area contributed by atoms with Crippen molar-refractivity contribution in [1.82, 2.24) is 25.5 Å². The normalized spacial score (nSPS) is 15.3. The minimum Gasteiger partial charge on any atom is -0.414 e. The molecule has 1 N–H and O–H groups in total. The first kappa shape index (κ1) is 23.4. The van der Waals surface area contributed by atoms with Gasteiger partial charge in [0.05, 0.1) is 34.5 Å². The quantitative estimate of drug-likeness (QED) is 0.412. The van der Waals surface area contributed by atoms with Crippen LogP contribution in [-0.2, 0) is 22.1 Å². The summed E-state index contributed by atoms with van der Waals surface area (Å²) in [4.78, 5) is 9.63. The van der Waals surface area contributed by atoms with E-state index >= 15 is 0 Å². The Hall–Kier alpha value is -3.34. The molecule has 1 saturated heterocycles. The second kappa shape index (κ2) is 10.5. The summed E-state index contributed by atoms with van der Waals surface area (Å²) in [7, 11) is 0.727. The number of ether oxygens (including phenoxy) is 1. The van der Waals surface area contributed by atoms with Crippen LogP contribution in [0.1, 0.15) is 18.4 Å². The standard InChI is InChI=1S/C25H24FN5O3S/c1-27-13-16-2-7-20(21(26)12-16)24-30-31-25(34-24)23-15-28-14-22(29-23)17-3-5-18(6-4-17)35(32)19-8-10-33-11-9-19/h2-7,12,14-15,19,27H,8-11,13H2,1H3. The lowest BCUT2D eigenvalue weighted by atomic mass is 10.1. The summed E-state index contributed by atoms with van der Waals surface area (Å²) in [6.45, 7) is 1.87. The highest BCUT2D eigenvalue weighted by atomic mass is 32.2. The number of hydrogen-bond acceptors (Lipinski definition) is 8. The fourth-order valence-corrected chi connectivity index (χ4v) is 5.34. The molecule has 35 heavy (non-hydrogen) atoms. The van der Waals surface area contributed by atoms with Crippen molar-refractivity contribution in [3.8, 4) is 34.3 Å². The van der Waals surface area contributed by atoms with Gasteiger partial charge in [0.2, 0.25) is 0 Å². The van der Waals surface area contributed by atoms with E-state index in [1.807, 2.05) is 24.3 Å². The smallest absolute Gasteiger partial charge is 0.268 e. The molecular weight excluding hydrogens is 469 g/mol. The molecule has 1 unspecified atom stereocenters. The van der Waals surface area contributed by atoms with E-state index in [0.717, 1.165) is 28.9 Å². The summed E-state index contributed by atoms with van der Waals surface area (Å²) in [5, 5.41) is 11.1. The fraction of sp³-hybridized carbons (Fsp3) is 0.280. The van der Waals surface area contributed by atoms with Crippen molar-refractivity contribution in [2.24, 2.45) is 0 Å². The molecule has 0 radical (unpaired) electrons. The van der Waals surface area contributed by atoms with Crippen molar-refractivity contribution in [1.29, 1.82) is 0 Å². The Labute approximate surface area is 204 Å². The zero-order valence-corrected chi connectivity index (χ0v) is 19.9. The van der Waals surface area contributed by atoms with E-state index in [1.165, 1.54) is 12.3 Å². The molecule has 10 heteroatoms. The number of aromatic nitrogens is 4. The summed E-state index contributed by atoms with van der Waals surface area (Å²) in [6, 6.07) is 12.3. The van der Waals surface area contributed by atoms with E-state index in [4.69, 9.17) is 9.15 Å². The van der Waals surface area contributed by atoms with Gasteiger partial charge < -0.3 is 14.5 Å². The van der Waals surface area contributed by atoms with Crippen LogP contribution in [0.2, 0.25) is 0 Å². The second-order valence-corrected chi connectivity index (χ2v) is 9.91. The van der Waals surface area contributed by atoms with Gasteiger partial charge in [0.25, 0.3) is 11.8 Å². The van der Waals surface area contributed by atoms with E-state index in [0.29, 0.717) is 31.1 Å². The maximum Gasteiger partial charge on any atom is 0.268 e. The Bertz CT molecular complexity index is 1340. The van der Waals surface area contributed by atoms with Gasteiger partial charge in [-0.2, -0.15) is 0 Å². The first-order valence-electron chi connectivity index (χ1n) is 11.3. The van der Waals surface area contributed by atoms with Crippen LogP contribution in [0.25, 0.3) is 34.3 Å². The number of rotatable bonds is 7. The summed E-state index contributed by atoms with van der Waals surface area (Å²) in [5.41, 5.74) is 2.84. The molecule has 2 aromatic carbocycles. The van der Waals surface area contributed by atoms with Gasteiger partial charge in [0.15, 0.2) is 0 Å². The minimum atomic E-state index is -1.07. The monoisotopic (exact) mass is 493 g/mol. The summed E-state index contributed by atoms with van der Waals surface area (Å²) in [6.07, 6.45) is 4.75. The van der Waals surface area contributed by atoms with Gasteiger partial charge in [0, 0.05) is 35.5 Å². The fourth-order valence-electron chi connectivity index (χ4n) is 3.93. The topological polar surface area (TPSA) is 103 Å². The van der Waals surface area contributed by atoms with Gasteiger partial charge in [-0.05, 0) is 49.7 Å². The van der Waals surface area contributed by atoms with Crippen molar-refractivity contribution in [2.75, 3.05) is 20.3 Å². The summed E-state index contributed by atoms with van der Waals surface area (Å²) < 4.78 is 38.5. The maximum atomic E-state index is 14.6. The van der Waals surface area contributed by atoms with Crippen molar-refractivity contribution >= 4 is 10.8 Å². The van der Waals surface area contributed by atoms with Crippen molar-refractivity contribution < 1.29 is 17.8 Å². The summed E-state index contributed by atoms with van der Waals surface area (Å²) >= 11 is 0. The minimum absolute atomic E-state index is 0.0701. The van der Waals surface area contributed by atoms with Gasteiger partial charge in [-0.15, -0.1) is 10.2 Å². The highest BCUT2D eigenvalue weighted by molar-refractivity contribution is 7.85. The number of hydrogen-bond donors (Lipinski definition) is 1. The highest BCUT2D eigenvalue weighted by Crippen LogP contribution is 2.27. The molecule has 1 aliphatic rings. The SMILES string of the molecule is CNCc1ccc(-c2nnc(-c3cncc(-c4ccc(S(=O)C5CCOCC5)cc4)n3)o2)c(F)c1. The summed E-state index contributed by atoms with van der Waals surface area (Å²) in [5.74, 6) is -0.225. The van der Waals surface area contributed by atoms with E-state index in [9.17, 15) is 8.60 Å². The van der Waals surface area contributed by atoms with Crippen LogP contribution >= 0.6 is 0 Å². The van der Waals surface area contributed by atoms with Crippen LogP contribution in [-0.4, -0.2) is 49.9 Å². The Morgan fingerprint density at radius 1 is 1.03 bits per heavy atom. The lowest BCUT2D eigenvalue weighted by molar-refractivity contribution is 0.0992. The van der Waals surface area contributed by atoms with Crippen LogP contribution in [0.5, 0.6) is 0 Å². The number of benzene rings is 2. The number of nitrogens with one attached hydrogen (secondary N) is 1. The first-order chi connectivity index (χ1) is 17.1. The van der Waals surface area contributed by atoms with Crippen molar-refractivity contribution in [2.45, 2.75) is 29.5 Å². The van der Waals surface area contributed by atoms with Crippen LogP contribution < -0.4 is 5.32 Å². The van der Waals surface area contributed by atoms with Crippen LogP contribution in [0, 0.1) is 5.82 Å². The molecule has 1 fully saturated rings. The predicted molar refractivity (Wildman–Crippen MR) is 129 cm³/mol. The zero-order valence-electron chi connectivity index (χ0n) is 19.1. The van der Waals surface area contributed by atoms with E-state index in [-0.39, 0.29) is 22.6 Å². The predicted octanol–water partition coefficient (Wildman–Crippen LogP) is 4.01. The molecule has 3 heterocycles. The van der Waals surface area contributed by atoms with Gasteiger partial charge >= 0.3 is 0 Å². The third-order valence-corrected chi connectivity index (χ3v) is 7.59. The number of halogens is 1. The molecule has 1 aliphatic heterocycles. The largest absolute Gasteiger partial charge is 0.414 e. The van der Waals surface area contributed by atoms with E-state index in [1.54, 1.807) is 25.4 Å². The van der Waals surface area contributed by atoms with E-state index in [2.05, 4.69) is 25.5 Å². The Morgan fingerprint density at radius 2 is 1.77 bits per heavy atom. The average Bonchev–Trinajstić information content (AvgIpc) is 3.39. The average molecular weight is 494 g/mol. The Morgan fingerprint density at radius 3 is 2.51 bits per heavy atom. The Kier molecular flexibility index (Phi) is 7.03. The molecule has 0 aliphatic carbocycles. The van der Waals surface area contributed by atoms with Gasteiger partial charge in [-0.1, -0.05) is 18.2 Å². The zero-order chi connectivity index (χ0) is 24.2. The maximum absolute atomic E-state index is 14.6. The van der Waals surface area contributed by atoms with Crippen LogP contribution in [0.3, 0.4) is 0 Å². The first-order valence-corrected chi connectivity index (χ1v) is 12.5. The number of nitrogens with zero attached hydrogens (tertiary/aromatic N) is 4. The molecule has 0 spiro atoms. The van der Waals surface area contributed by atoms with E-state index < -0.39 is 16.6 Å². The van der Waals surface area contributed by atoms with Crippen LogP contribution in [0.4, 0.5) is 4.39 Å². The molecule has 8 nitrogen and oxygen atoms in total. The molecular formula is C25H24FN5O3S. The molecule has 0 amide bonds. The van der Waals surface area contributed by atoms with Crippen molar-refractivity contribution in [3.05, 3.63) is 66.2 Å². The van der Waals surface area contributed by atoms with Crippen LogP contribution in [0.15, 0.2) is 64.2 Å². The third-order valence-electron chi connectivity index (χ3n) is 5.78. The molecule has 0 bridgehead atoms. The molecule has 0 saturated carbocycles.